The lowest BCUT2D eigenvalue weighted by molar-refractivity contribution is 0.1000. The van der Waals surface area contributed by atoms with Crippen molar-refractivity contribution in [1.82, 2.24) is 9.97 Å². The molecule has 0 aliphatic carbocycles. The number of amides is 1. The molecule has 1 heterocycles. The second-order valence-corrected chi connectivity index (χ2v) is 6.34. The van der Waals surface area contributed by atoms with Crippen molar-refractivity contribution in [2.45, 2.75) is 40.7 Å². The topological polar surface area (TPSA) is 80.9 Å². The highest BCUT2D eigenvalue weighted by Crippen LogP contribution is 2.29. The van der Waals surface area contributed by atoms with Gasteiger partial charge in [0, 0.05) is 12.2 Å². The average molecular weight is 285 g/mol. The number of nitrogens with two attached hydrogens (primary N) is 1. The molecule has 106 valence electrons. The molecule has 0 saturated heterocycles. The van der Waals surface area contributed by atoms with Crippen LogP contribution in [0.2, 0.25) is 5.28 Å². The van der Waals surface area contributed by atoms with E-state index in [1.54, 1.807) is 0 Å². The van der Waals surface area contributed by atoms with Crippen LogP contribution in [0.25, 0.3) is 0 Å². The highest BCUT2D eigenvalue weighted by Gasteiger charge is 2.29. The van der Waals surface area contributed by atoms with E-state index in [-0.39, 0.29) is 22.3 Å². The van der Waals surface area contributed by atoms with E-state index in [0.29, 0.717) is 11.7 Å². The lowest BCUT2D eigenvalue weighted by Crippen LogP contribution is -2.39. The molecule has 0 radical (unpaired) electrons. The highest BCUT2D eigenvalue weighted by atomic mass is 35.5. The van der Waals surface area contributed by atoms with Crippen LogP contribution in [0, 0.1) is 11.3 Å². The van der Waals surface area contributed by atoms with Crippen LogP contribution < -0.4 is 11.1 Å². The predicted molar refractivity (Wildman–Crippen MR) is 77.3 cm³/mol. The lowest BCUT2D eigenvalue weighted by atomic mass is 9.80. The summed E-state index contributed by atoms with van der Waals surface area (Å²) in [5.74, 6) is 0.172. The number of hydrogen-bond donors (Lipinski definition) is 2. The Balaban J connectivity index is 3.15. The molecular formula is C13H21ClN4O. The van der Waals surface area contributed by atoms with Gasteiger partial charge in [0.15, 0.2) is 0 Å². The molecule has 1 aromatic rings. The van der Waals surface area contributed by atoms with E-state index in [0.717, 1.165) is 0 Å². The molecule has 0 saturated carbocycles. The normalized spacial score (nSPS) is 13.4. The molecule has 3 N–H and O–H groups in total. The van der Waals surface area contributed by atoms with E-state index in [1.807, 2.05) is 0 Å². The molecule has 1 atom stereocenters. The Labute approximate surface area is 119 Å². The number of rotatable bonds is 4. The van der Waals surface area contributed by atoms with Gasteiger partial charge in [0.05, 0.1) is 5.56 Å². The van der Waals surface area contributed by atoms with Gasteiger partial charge in [-0.15, -0.1) is 0 Å². The molecule has 1 amide bonds. The molecule has 5 nitrogen and oxygen atoms in total. The summed E-state index contributed by atoms with van der Waals surface area (Å²) < 4.78 is 0. The Hall–Kier alpha value is -1.36. The van der Waals surface area contributed by atoms with Crippen molar-refractivity contribution in [2.24, 2.45) is 17.1 Å². The van der Waals surface area contributed by atoms with Crippen LogP contribution in [0.15, 0.2) is 6.20 Å². The maximum atomic E-state index is 11.4. The molecule has 6 heteroatoms. The van der Waals surface area contributed by atoms with Gasteiger partial charge < -0.3 is 11.1 Å². The largest absolute Gasteiger partial charge is 0.366 e. The standard InChI is InChI=1S/C13H21ClN4O/c1-7(2)9(13(3,4)5)17-11-8(10(15)19)6-16-12(14)18-11/h6-7,9H,1-5H3,(H2,15,19)(H,16,17,18). The highest BCUT2D eigenvalue weighted by molar-refractivity contribution is 6.28. The van der Waals surface area contributed by atoms with Gasteiger partial charge >= 0.3 is 0 Å². The summed E-state index contributed by atoms with van der Waals surface area (Å²) in [6.45, 7) is 10.6. The van der Waals surface area contributed by atoms with Crippen LogP contribution in [-0.2, 0) is 0 Å². The maximum absolute atomic E-state index is 11.4. The Morgan fingerprint density at radius 3 is 2.42 bits per heavy atom. The number of primary amides is 1. The third-order valence-corrected chi connectivity index (χ3v) is 3.10. The van der Waals surface area contributed by atoms with Gasteiger partial charge in [-0.1, -0.05) is 34.6 Å². The van der Waals surface area contributed by atoms with Crippen LogP contribution in [0.5, 0.6) is 0 Å². The summed E-state index contributed by atoms with van der Waals surface area (Å²) in [7, 11) is 0. The van der Waals surface area contributed by atoms with E-state index in [9.17, 15) is 4.79 Å². The molecular weight excluding hydrogens is 264 g/mol. The average Bonchev–Trinajstić information content (AvgIpc) is 2.23. The molecule has 0 aliphatic rings. The Morgan fingerprint density at radius 2 is 2.00 bits per heavy atom. The monoisotopic (exact) mass is 284 g/mol. The summed E-state index contributed by atoms with van der Waals surface area (Å²) in [4.78, 5) is 19.3. The van der Waals surface area contributed by atoms with E-state index in [2.05, 4.69) is 49.9 Å². The van der Waals surface area contributed by atoms with Crippen molar-refractivity contribution in [2.75, 3.05) is 5.32 Å². The molecule has 0 fully saturated rings. The molecule has 0 aliphatic heterocycles. The fourth-order valence-electron chi connectivity index (χ4n) is 2.18. The van der Waals surface area contributed by atoms with Crippen molar-refractivity contribution in [3.05, 3.63) is 17.0 Å². The zero-order valence-electron chi connectivity index (χ0n) is 12.0. The molecule has 0 bridgehead atoms. The van der Waals surface area contributed by atoms with Gasteiger partial charge in [-0.05, 0) is 22.9 Å². The number of nitrogens with zero attached hydrogens (tertiary/aromatic N) is 2. The van der Waals surface area contributed by atoms with E-state index in [1.165, 1.54) is 6.20 Å². The van der Waals surface area contributed by atoms with Crippen molar-refractivity contribution < 1.29 is 4.79 Å². The van der Waals surface area contributed by atoms with Gasteiger partial charge in [-0.25, -0.2) is 4.98 Å². The third kappa shape index (κ3) is 4.06. The Kier molecular flexibility index (Phi) is 4.74. The minimum absolute atomic E-state index is 0.000505. The van der Waals surface area contributed by atoms with Crippen LogP contribution >= 0.6 is 11.6 Å². The molecule has 0 aromatic carbocycles. The van der Waals surface area contributed by atoms with E-state index >= 15 is 0 Å². The number of halogens is 1. The third-order valence-electron chi connectivity index (χ3n) is 2.92. The minimum atomic E-state index is -0.574. The van der Waals surface area contributed by atoms with Gasteiger partial charge in [0.2, 0.25) is 5.28 Å². The lowest BCUT2D eigenvalue weighted by Gasteiger charge is -2.35. The molecule has 1 unspecified atom stereocenters. The molecule has 19 heavy (non-hydrogen) atoms. The van der Waals surface area contributed by atoms with Crippen molar-refractivity contribution in [1.29, 1.82) is 0 Å². The first-order chi connectivity index (χ1) is 8.62. The van der Waals surface area contributed by atoms with Crippen LogP contribution in [0.3, 0.4) is 0 Å². The molecule has 0 spiro atoms. The number of anilines is 1. The summed E-state index contributed by atoms with van der Waals surface area (Å²) in [6, 6.07) is 0.122. The smallest absolute Gasteiger partial charge is 0.254 e. The number of aromatic nitrogens is 2. The van der Waals surface area contributed by atoms with Gasteiger partial charge in [-0.2, -0.15) is 4.98 Å². The van der Waals surface area contributed by atoms with Crippen molar-refractivity contribution >= 4 is 23.3 Å². The second kappa shape index (κ2) is 5.74. The maximum Gasteiger partial charge on any atom is 0.254 e. The van der Waals surface area contributed by atoms with Gasteiger partial charge in [0.1, 0.15) is 5.82 Å². The molecule has 1 rings (SSSR count). The predicted octanol–water partition coefficient (Wildman–Crippen LogP) is 2.71. The fraction of sp³-hybridized carbons (Fsp3) is 0.615. The van der Waals surface area contributed by atoms with Crippen LogP contribution in [0.1, 0.15) is 45.0 Å². The first-order valence-corrected chi connectivity index (χ1v) is 6.59. The first kappa shape index (κ1) is 15.7. The minimum Gasteiger partial charge on any atom is -0.366 e. The Bertz CT molecular complexity index is 468. The number of carbonyl (C=O) groups is 1. The summed E-state index contributed by atoms with van der Waals surface area (Å²) >= 11 is 5.78. The SMILES string of the molecule is CC(C)C(Nc1nc(Cl)ncc1C(N)=O)C(C)(C)C. The zero-order valence-corrected chi connectivity index (χ0v) is 12.7. The fourth-order valence-corrected chi connectivity index (χ4v) is 2.31. The number of carbonyl (C=O) groups excluding carboxylic acids is 1. The molecule has 1 aromatic heterocycles. The van der Waals surface area contributed by atoms with Gasteiger partial charge in [0.25, 0.3) is 5.91 Å². The second-order valence-electron chi connectivity index (χ2n) is 6.00. The number of nitrogens with one attached hydrogen (secondary N) is 1. The number of hydrogen-bond acceptors (Lipinski definition) is 4. The summed E-state index contributed by atoms with van der Waals surface area (Å²) in [5, 5.41) is 3.36. The van der Waals surface area contributed by atoms with Crippen LogP contribution in [0.4, 0.5) is 5.82 Å². The first-order valence-electron chi connectivity index (χ1n) is 6.21. The van der Waals surface area contributed by atoms with E-state index < -0.39 is 5.91 Å². The summed E-state index contributed by atoms with van der Waals surface area (Å²) in [6.07, 6.45) is 1.35. The van der Waals surface area contributed by atoms with Crippen LogP contribution in [-0.4, -0.2) is 21.9 Å². The van der Waals surface area contributed by atoms with Crippen molar-refractivity contribution in [3.8, 4) is 0 Å². The van der Waals surface area contributed by atoms with Crippen molar-refractivity contribution in [3.63, 3.8) is 0 Å². The summed E-state index contributed by atoms with van der Waals surface area (Å²) in [5.41, 5.74) is 5.57. The van der Waals surface area contributed by atoms with Gasteiger partial charge in [-0.3, -0.25) is 4.79 Å². The Morgan fingerprint density at radius 1 is 1.42 bits per heavy atom. The quantitative estimate of drug-likeness (QED) is 0.833. The zero-order chi connectivity index (χ0) is 14.8. The van der Waals surface area contributed by atoms with E-state index in [4.69, 9.17) is 17.3 Å².